The molecule has 4 nitrogen and oxygen atoms in total. The van der Waals surface area contributed by atoms with Gasteiger partial charge in [0, 0.05) is 9.64 Å². The summed E-state index contributed by atoms with van der Waals surface area (Å²) in [5.41, 5.74) is 0.864. The maximum Gasteiger partial charge on any atom is 0.573 e. The molecule has 0 amide bonds. The van der Waals surface area contributed by atoms with Gasteiger partial charge in [0.15, 0.2) is 0 Å². The molecule has 0 radical (unpaired) electrons. The largest absolute Gasteiger partial charge is 0.573 e. The second-order valence-electron chi connectivity index (χ2n) is 4.73. The molecular formula is C14H10ClF3INO3S. The van der Waals surface area contributed by atoms with Crippen molar-refractivity contribution in [1.82, 2.24) is 0 Å². The predicted molar refractivity (Wildman–Crippen MR) is 92.8 cm³/mol. The molecule has 0 heterocycles. The number of ether oxygens (including phenoxy) is 1. The quantitative estimate of drug-likeness (QED) is 0.616. The third-order valence-corrected chi connectivity index (χ3v) is 5.33. The van der Waals surface area contributed by atoms with Crippen molar-refractivity contribution in [3.63, 3.8) is 0 Å². The Labute approximate surface area is 155 Å². The Hall–Kier alpha value is -1.20. The number of alkyl halides is 3. The van der Waals surface area contributed by atoms with Gasteiger partial charge in [-0.3, -0.25) is 4.72 Å². The topological polar surface area (TPSA) is 55.4 Å². The van der Waals surface area contributed by atoms with Crippen LogP contribution in [0.2, 0.25) is 5.02 Å². The van der Waals surface area contributed by atoms with Gasteiger partial charge >= 0.3 is 6.36 Å². The van der Waals surface area contributed by atoms with Gasteiger partial charge in [0.2, 0.25) is 0 Å². The second kappa shape index (κ2) is 6.96. The third kappa shape index (κ3) is 4.90. The average molecular weight is 492 g/mol. The maximum atomic E-state index is 12.3. The van der Waals surface area contributed by atoms with E-state index >= 15 is 0 Å². The summed E-state index contributed by atoms with van der Waals surface area (Å²) in [7, 11) is -3.93. The van der Waals surface area contributed by atoms with Crippen LogP contribution in [0.1, 0.15) is 5.56 Å². The predicted octanol–water partition coefficient (Wildman–Crippen LogP) is 4.95. The molecule has 0 fully saturated rings. The van der Waals surface area contributed by atoms with Gasteiger partial charge in [-0.1, -0.05) is 29.3 Å². The van der Waals surface area contributed by atoms with Gasteiger partial charge in [0.1, 0.15) is 5.75 Å². The summed E-state index contributed by atoms with van der Waals surface area (Å²) in [5, 5.41) is -0.211. The van der Waals surface area contributed by atoms with Gasteiger partial charge in [0.05, 0.1) is 15.6 Å². The van der Waals surface area contributed by atoms with E-state index in [1.54, 1.807) is 34.7 Å². The Morgan fingerprint density at radius 3 is 2.25 bits per heavy atom. The van der Waals surface area contributed by atoms with Crippen molar-refractivity contribution in [2.45, 2.75) is 18.2 Å². The van der Waals surface area contributed by atoms with Crippen LogP contribution in [0.5, 0.6) is 5.75 Å². The molecule has 0 aliphatic carbocycles. The number of aryl methyl sites for hydroxylation is 1. The van der Waals surface area contributed by atoms with Crippen molar-refractivity contribution in [3.8, 4) is 5.75 Å². The molecule has 0 saturated carbocycles. The fraction of sp³-hybridized carbons (Fsp3) is 0.143. The van der Waals surface area contributed by atoms with Crippen LogP contribution in [0.3, 0.4) is 0 Å². The van der Waals surface area contributed by atoms with E-state index in [9.17, 15) is 21.6 Å². The average Bonchev–Trinajstić information content (AvgIpc) is 2.41. The van der Waals surface area contributed by atoms with Crippen LogP contribution in [-0.2, 0) is 10.0 Å². The zero-order valence-electron chi connectivity index (χ0n) is 12.0. The summed E-state index contributed by atoms with van der Waals surface area (Å²) in [5.74, 6) is -0.532. The highest BCUT2D eigenvalue weighted by Crippen LogP contribution is 2.35. The highest BCUT2D eigenvalue weighted by atomic mass is 127. The van der Waals surface area contributed by atoms with Crippen LogP contribution in [0.25, 0.3) is 0 Å². The van der Waals surface area contributed by atoms with E-state index in [0.29, 0.717) is 0 Å². The lowest BCUT2D eigenvalue weighted by Gasteiger charge is -2.14. The molecule has 0 aliphatic heterocycles. The maximum absolute atomic E-state index is 12.3. The number of benzene rings is 2. The molecule has 10 heteroatoms. The van der Waals surface area contributed by atoms with Gasteiger partial charge in [-0.25, -0.2) is 8.42 Å². The number of anilines is 1. The minimum absolute atomic E-state index is 0.00980. The molecule has 130 valence electrons. The number of hydrogen-bond acceptors (Lipinski definition) is 3. The fourth-order valence-corrected chi connectivity index (χ4v) is 4.24. The fourth-order valence-electron chi connectivity index (χ4n) is 1.75. The molecule has 0 saturated heterocycles. The first-order chi connectivity index (χ1) is 11.0. The molecular weight excluding hydrogens is 482 g/mol. The molecule has 2 aromatic carbocycles. The number of nitrogens with one attached hydrogen (secondary N) is 1. The van der Waals surface area contributed by atoms with Crippen LogP contribution in [0.15, 0.2) is 41.3 Å². The molecule has 2 rings (SSSR count). The standard InChI is InChI=1S/C14H10ClF3INO3S/c1-8-2-4-10(5-3-8)24(21,22)20-13-11(15)6-9(7-12(13)19)23-14(16,17)18/h2-7,20H,1H3. The first-order valence-electron chi connectivity index (χ1n) is 6.32. The normalized spacial score (nSPS) is 12.1. The van der Waals surface area contributed by atoms with Gasteiger partial charge in [-0.15, -0.1) is 13.2 Å². The van der Waals surface area contributed by atoms with E-state index in [2.05, 4.69) is 9.46 Å². The molecule has 0 unspecified atom stereocenters. The van der Waals surface area contributed by atoms with Crippen molar-refractivity contribution in [3.05, 3.63) is 50.6 Å². The number of sulfonamides is 1. The Bertz CT molecular complexity index is 832. The first kappa shape index (κ1) is 19.1. The van der Waals surface area contributed by atoms with Gasteiger partial charge in [0.25, 0.3) is 10.0 Å². The third-order valence-electron chi connectivity index (χ3n) is 2.82. The molecule has 24 heavy (non-hydrogen) atoms. The van der Waals surface area contributed by atoms with Gasteiger partial charge in [-0.2, -0.15) is 0 Å². The van der Waals surface area contributed by atoms with E-state index in [4.69, 9.17) is 11.6 Å². The van der Waals surface area contributed by atoms with Crippen LogP contribution in [0, 0.1) is 10.5 Å². The summed E-state index contributed by atoms with van der Waals surface area (Å²) in [6, 6.07) is 8.01. The monoisotopic (exact) mass is 491 g/mol. The number of hydrogen-bond donors (Lipinski definition) is 1. The van der Waals surface area contributed by atoms with Crippen LogP contribution in [0.4, 0.5) is 18.9 Å². The summed E-state index contributed by atoms with van der Waals surface area (Å²) in [6.45, 7) is 1.81. The SMILES string of the molecule is Cc1ccc(S(=O)(=O)Nc2c(Cl)cc(OC(F)(F)F)cc2I)cc1. The van der Waals surface area contributed by atoms with Crippen molar-refractivity contribution in [2.75, 3.05) is 4.72 Å². The highest BCUT2D eigenvalue weighted by molar-refractivity contribution is 14.1. The van der Waals surface area contributed by atoms with Crippen molar-refractivity contribution in [1.29, 1.82) is 0 Å². The molecule has 1 N–H and O–H groups in total. The number of halogens is 5. The van der Waals surface area contributed by atoms with E-state index in [1.165, 1.54) is 12.1 Å². The smallest absolute Gasteiger partial charge is 0.406 e. The van der Waals surface area contributed by atoms with Gasteiger partial charge < -0.3 is 4.74 Å². The van der Waals surface area contributed by atoms with E-state index in [1.807, 2.05) is 6.92 Å². The van der Waals surface area contributed by atoms with E-state index in [-0.39, 0.29) is 19.2 Å². The van der Waals surface area contributed by atoms with Gasteiger partial charge in [-0.05, 0) is 47.7 Å². The molecule has 0 aliphatic rings. The minimum atomic E-state index is -4.87. The lowest BCUT2D eigenvalue weighted by atomic mass is 10.2. The number of rotatable bonds is 4. The Balaban J connectivity index is 2.34. The van der Waals surface area contributed by atoms with Crippen LogP contribution >= 0.6 is 34.2 Å². The zero-order chi connectivity index (χ0) is 18.1. The van der Waals surface area contributed by atoms with Crippen molar-refractivity contribution < 1.29 is 26.3 Å². The molecule has 0 aromatic heterocycles. The Morgan fingerprint density at radius 2 is 1.75 bits per heavy atom. The summed E-state index contributed by atoms with van der Waals surface area (Å²) < 4.78 is 67.7. The summed E-state index contributed by atoms with van der Waals surface area (Å²) in [4.78, 5) is 0.00980. The Morgan fingerprint density at radius 1 is 1.17 bits per heavy atom. The molecule has 0 atom stereocenters. The van der Waals surface area contributed by atoms with Crippen molar-refractivity contribution >= 4 is 49.9 Å². The van der Waals surface area contributed by atoms with Crippen molar-refractivity contribution in [2.24, 2.45) is 0 Å². The lowest BCUT2D eigenvalue weighted by Crippen LogP contribution is -2.18. The highest BCUT2D eigenvalue weighted by Gasteiger charge is 2.31. The Kier molecular flexibility index (Phi) is 5.55. The minimum Gasteiger partial charge on any atom is -0.406 e. The molecule has 0 spiro atoms. The van der Waals surface area contributed by atoms with Crippen LogP contribution < -0.4 is 9.46 Å². The second-order valence-corrected chi connectivity index (χ2v) is 7.98. The first-order valence-corrected chi connectivity index (χ1v) is 9.26. The van der Waals surface area contributed by atoms with Crippen LogP contribution in [-0.4, -0.2) is 14.8 Å². The zero-order valence-corrected chi connectivity index (χ0v) is 15.7. The van der Waals surface area contributed by atoms with E-state index < -0.39 is 22.1 Å². The molecule has 0 bridgehead atoms. The summed E-state index contributed by atoms with van der Waals surface area (Å²) in [6.07, 6.45) is -4.87. The summed E-state index contributed by atoms with van der Waals surface area (Å²) >= 11 is 7.57. The van der Waals surface area contributed by atoms with E-state index in [0.717, 1.165) is 17.7 Å². The molecule has 2 aromatic rings. The lowest BCUT2D eigenvalue weighted by molar-refractivity contribution is -0.274.